The van der Waals surface area contributed by atoms with E-state index in [-0.39, 0.29) is 6.10 Å². The Morgan fingerprint density at radius 2 is 1.80 bits per heavy atom. The van der Waals surface area contributed by atoms with Gasteiger partial charge in [-0.1, -0.05) is 51.3 Å². The fourth-order valence-corrected chi connectivity index (χ4v) is 2.96. The predicted molar refractivity (Wildman–Crippen MR) is 85.5 cm³/mol. The van der Waals surface area contributed by atoms with E-state index < -0.39 is 0 Å². The minimum Gasteiger partial charge on any atom is -0.489 e. The molecular weight excluding hydrogens is 246 g/mol. The van der Waals surface area contributed by atoms with Gasteiger partial charge in [-0.25, -0.2) is 0 Å². The quantitative estimate of drug-likeness (QED) is 0.825. The van der Waals surface area contributed by atoms with Gasteiger partial charge in [0.2, 0.25) is 0 Å². The van der Waals surface area contributed by atoms with Crippen molar-refractivity contribution < 1.29 is 4.74 Å². The molecule has 1 atom stereocenters. The predicted octanol–water partition coefficient (Wildman–Crippen LogP) is 4.50. The van der Waals surface area contributed by atoms with Gasteiger partial charge in [0.1, 0.15) is 11.9 Å². The fourth-order valence-electron chi connectivity index (χ4n) is 2.96. The molecule has 0 amide bonds. The smallest absolute Gasteiger partial charge is 0.123 e. The summed E-state index contributed by atoms with van der Waals surface area (Å²) in [6.45, 7) is 7.53. The van der Waals surface area contributed by atoms with Crippen LogP contribution in [0.1, 0.15) is 64.4 Å². The molecule has 1 saturated carbocycles. The van der Waals surface area contributed by atoms with Crippen molar-refractivity contribution in [2.75, 3.05) is 6.54 Å². The minimum atomic E-state index is 0.219. The Labute approximate surface area is 123 Å². The lowest BCUT2D eigenvalue weighted by atomic mass is 9.95. The van der Waals surface area contributed by atoms with Gasteiger partial charge in [-0.15, -0.1) is 0 Å². The number of hydrogen-bond donors (Lipinski definition) is 1. The molecule has 112 valence electrons. The average Bonchev–Trinajstić information content (AvgIpc) is 2.46. The molecular formula is C18H29NO. The van der Waals surface area contributed by atoms with Crippen LogP contribution >= 0.6 is 0 Å². The molecule has 2 heteroatoms. The van der Waals surface area contributed by atoms with E-state index in [0.717, 1.165) is 12.3 Å². The van der Waals surface area contributed by atoms with E-state index >= 15 is 0 Å². The molecule has 2 rings (SSSR count). The van der Waals surface area contributed by atoms with Crippen molar-refractivity contribution in [3.8, 4) is 5.75 Å². The van der Waals surface area contributed by atoms with Crippen molar-refractivity contribution in [1.82, 2.24) is 5.32 Å². The van der Waals surface area contributed by atoms with E-state index in [1.165, 1.54) is 37.7 Å². The van der Waals surface area contributed by atoms with Gasteiger partial charge in [-0.2, -0.15) is 0 Å². The zero-order valence-corrected chi connectivity index (χ0v) is 13.2. The molecule has 1 aromatic rings. The summed E-state index contributed by atoms with van der Waals surface area (Å²) in [4.78, 5) is 0. The first kappa shape index (κ1) is 15.4. The molecule has 2 nitrogen and oxygen atoms in total. The maximum Gasteiger partial charge on any atom is 0.123 e. The highest BCUT2D eigenvalue weighted by atomic mass is 16.5. The lowest BCUT2D eigenvalue weighted by Gasteiger charge is -2.25. The molecule has 1 aromatic carbocycles. The zero-order chi connectivity index (χ0) is 14.4. The van der Waals surface area contributed by atoms with Gasteiger partial charge >= 0.3 is 0 Å². The SMILES string of the molecule is CC(CNC1CCCCC1)Oc1ccccc1C(C)C. The van der Waals surface area contributed by atoms with Crippen molar-refractivity contribution in [1.29, 1.82) is 0 Å². The van der Waals surface area contributed by atoms with Gasteiger partial charge in [0.05, 0.1) is 0 Å². The van der Waals surface area contributed by atoms with E-state index in [9.17, 15) is 0 Å². The van der Waals surface area contributed by atoms with Crippen molar-refractivity contribution in [3.63, 3.8) is 0 Å². The largest absolute Gasteiger partial charge is 0.489 e. The summed E-state index contributed by atoms with van der Waals surface area (Å²) in [7, 11) is 0. The summed E-state index contributed by atoms with van der Waals surface area (Å²) < 4.78 is 6.14. The molecule has 0 radical (unpaired) electrons. The van der Waals surface area contributed by atoms with Gasteiger partial charge in [0.15, 0.2) is 0 Å². The number of ether oxygens (including phenoxy) is 1. The standard InChI is InChI=1S/C18H29NO/c1-14(2)17-11-7-8-12-18(17)20-15(3)13-19-16-9-5-4-6-10-16/h7-8,11-12,14-16,19H,4-6,9-10,13H2,1-3H3. The highest BCUT2D eigenvalue weighted by Crippen LogP contribution is 2.26. The Hall–Kier alpha value is -1.02. The molecule has 1 fully saturated rings. The molecule has 0 aromatic heterocycles. The normalized spacial score (nSPS) is 18.2. The van der Waals surface area contributed by atoms with E-state index in [0.29, 0.717) is 12.0 Å². The molecule has 0 bridgehead atoms. The van der Waals surface area contributed by atoms with Crippen LogP contribution in [0.4, 0.5) is 0 Å². The molecule has 1 aliphatic carbocycles. The summed E-state index contributed by atoms with van der Waals surface area (Å²) in [6, 6.07) is 9.11. The number of hydrogen-bond acceptors (Lipinski definition) is 2. The van der Waals surface area contributed by atoms with Crippen LogP contribution in [-0.2, 0) is 0 Å². The van der Waals surface area contributed by atoms with Gasteiger partial charge in [-0.3, -0.25) is 0 Å². The summed E-state index contributed by atoms with van der Waals surface area (Å²) in [6.07, 6.45) is 7.04. The third-order valence-electron chi connectivity index (χ3n) is 4.17. The van der Waals surface area contributed by atoms with Crippen molar-refractivity contribution in [2.24, 2.45) is 0 Å². The van der Waals surface area contributed by atoms with Crippen LogP contribution in [0.25, 0.3) is 0 Å². The van der Waals surface area contributed by atoms with Crippen LogP contribution in [0.15, 0.2) is 24.3 Å². The third-order valence-corrected chi connectivity index (χ3v) is 4.17. The van der Waals surface area contributed by atoms with Gasteiger partial charge in [0.25, 0.3) is 0 Å². The van der Waals surface area contributed by atoms with Crippen molar-refractivity contribution >= 4 is 0 Å². The molecule has 0 spiro atoms. The highest BCUT2D eigenvalue weighted by molar-refractivity contribution is 5.35. The van der Waals surface area contributed by atoms with Gasteiger partial charge < -0.3 is 10.1 Å². The summed E-state index contributed by atoms with van der Waals surface area (Å²) in [5, 5.41) is 3.67. The Morgan fingerprint density at radius 1 is 1.10 bits per heavy atom. The van der Waals surface area contributed by atoms with Crippen molar-refractivity contribution in [2.45, 2.75) is 70.9 Å². The van der Waals surface area contributed by atoms with Crippen LogP contribution in [0.2, 0.25) is 0 Å². The monoisotopic (exact) mass is 275 g/mol. The Bertz CT molecular complexity index is 396. The molecule has 0 aliphatic heterocycles. The fraction of sp³-hybridized carbons (Fsp3) is 0.667. The lowest BCUT2D eigenvalue weighted by molar-refractivity contribution is 0.203. The van der Waals surface area contributed by atoms with Crippen LogP contribution in [0.5, 0.6) is 5.75 Å². The molecule has 0 heterocycles. The van der Waals surface area contributed by atoms with E-state index in [4.69, 9.17) is 4.74 Å². The molecule has 20 heavy (non-hydrogen) atoms. The summed E-state index contributed by atoms with van der Waals surface area (Å²) in [5.74, 6) is 1.55. The Balaban J connectivity index is 1.83. The van der Waals surface area contributed by atoms with E-state index in [1.807, 2.05) is 0 Å². The second kappa shape index (κ2) is 7.68. The second-order valence-electron chi connectivity index (χ2n) is 6.36. The number of rotatable bonds is 6. The Morgan fingerprint density at radius 3 is 2.50 bits per heavy atom. The first-order valence-corrected chi connectivity index (χ1v) is 8.15. The zero-order valence-electron chi connectivity index (χ0n) is 13.2. The number of benzene rings is 1. The first-order chi connectivity index (χ1) is 9.66. The summed E-state index contributed by atoms with van der Waals surface area (Å²) in [5.41, 5.74) is 1.30. The van der Waals surface area contributed by atoms with Crippen LogP contribution in [0.3, 0.4) is 0 Å². The first-order valence-electron chi connectivity index (χ1n) is 8.15. The van der Waals surface area contributed by atoms with E-state index in [2.05, 4.69) is 50.4 Å². The molecule has 1 aliphatic rings. The van der Waals surface area contributed by atoms with Gasteiger partial charge in [-0.05, 0) is 37.3 Å². The molecule has 1 N–H and O–H groups in total. The average molecular weight is 275 g/mol. The summed E-state index contributed by atoms with van der Waals surface area (Å²) >= 11 is 0. The highest BCUT2D eigenvalue weighted by Gasteiger charge is 2.15. The number of para-hydroxylation sites is 1. The molecule has 0 saturated heterocycles. The van der Waals surface area contributed by atoms with Crippen LogP contribution in [0, 0.1) is 0 Å². The third kappa shape index (κ3) is 4.52. The topological polar surface area (TPSA) is 21.3 Å². The maximum absolute atomic E-state index is 6.14. The minimum absolute atomic E-state index is 0.219. The van der Waals surface area contributed by atoms with Crippen LogP contribution in [-0.4, -0.2) is 18.7 Å². The van der Waals surface area contributed by atoms with Gasteiger partial charge in [0, 0.05) is 12.6 Å². The lowest BCUT2D eigenvalue weighted by Crippen LogP contribution is -2.37. The van der Waals surface area contributed by atoms with E-state index in [1.54, 1.807) is 0 Å². The van der Waals surface area contributed by atoms with Crippen LogP contribution < -0.4 is 10.1 Å². The maximum atomic E-state index is 6.14. The molecule has 1 unspecified atom stereocenters. The van der Waals surface area contributed by atoms with Crippen molar-refractivity contribution in [3.05, 3.63) is 29.8 Å². The number of nitrogens with one attached hydrogen (secondary N) is 1. The Kier molecular flexibility index (Phi) is 5.90. The second-order valence-corrected chi connectivity index (χ2v) is 6.36.